The first-order chi connectivity index (χ1) is 8.74. The first kappa shape index (κ1) is 10.8. The normalized spacial score (nSPS) is 11.0. The van der Waals surface area contributed by atoms with E-state index in [-0.39, 0.29) is 0 Å². The van der Waals surface area contributed by atoms with Crippen molar-refractivity contribution in [3.63, 3.8) is 0 Å². The maximum Gasteiger partial charge on any atom is 0.0825 e. The molecule has 3 aromatic rings. The molecule has 5 heteroatoms. The number of aromatic nitrogens is 4. The van der Waals surface area contributed by atoms with E-state index in [2.05, 4.69) is 21.6 Å². The summed E-state index contributed by atoms with van der Waals surface area (Å²) in [5.74, 6) is 0. The van der Waals surface area contributed by atoms with Gasteiger partial charge in [0.15, 0.2) is 0 Å². The number of fused-ring (bicyclic) bond motifs is 1. The van der Waals surface area contributed by atoms with Gasteiger partial charge in [-0.25, -0.2) is 4.52 Å². The highest BCUT2D eigenvalue weighted by Crippen LogP contribution is 2.15. The van der Waals surface area contributed by atoms with E-state index < -0.39 is 0 Å². The number of rotatable bonds is 3. The molecule has 0 radical (unpaired) electrons. The maximum absolute atomic E-state index is 4.31. The second kappa shape index (κ2) is 4.18. The molecule has 0 atom stereocenters. The van der Waals surface area contributed by atoms with Gasteiger partial charge in [-0.2, -0.15) is 10.2 Å². The minimum Gasteiger partial charge on any atom is -0.378 e. The highest BCUT2D eigenvalue weighted by Gasteiger charge is 2.05. The summed E-state index contributed by atoms with van der Waals surface area (Å²) >= 11 is 0. The largest absolute Gasteiger partial charge is 0.378 e. The molecule has 0 aromatic carbocycles. The van der Waals surface area contributed by atoms with Gasteiger partial charge in [-0.05, 0) is 19.1 Å². The van der Waals surface area contributed by atoms with E-state index in [4.69, 9.17) is 0 Å². The van der Waals surface area contributed by atoms with Crippen molar-refractivity contribution in [1.82, 2.24) is 19.4 Å². The molecule has 5 nitrogen and oxygen atoms in total. The van der Waals surface area contributed by atoms with Crippen molar-refractivity contribution in [2.45, 2.75) is 13.5 Å². The molecule has 1 N–H and O–H groups in total. The van der Waals surface area contributed by atoms with Gasteiger partial charge in [0.25, 0.3) is 0 Å². The first-order valence-electron chi connectivity index (χ1n) is 5.89. The van der Waals surface area contributed by atoms with E-state index >= 15 is 0 Å². The highest BCUT2D eigenvalue weighted by atomic mass is 15.3. The second-order valence-electron chi connectivity index (χ2n) is 4.36. The lowest BCUT2D eigenvalue weighted by atomic mass is 10.2. The SMILES string of the molecule is Cc1nn(C)cc1NCc1cnn2ccccc12. The summed E-state index contributed by atoms with van der Waals surface area (Å²) in [5.41, 5.74) is 4.38. The van der Waals surface area contributed by atoms with Crippen molar-refractivity contribution >= 4 is 11.2 Å². The van der Waals surface area contributed by atoms with Gasteiger partial charge in [-0.3, -0.25) is 4.68 Å². The molecular weight excluding hydrogens is 226 g/mol. The van der Waals surface area contributed by atoms with Crippen LogP contribution in [0.15, 0.2) is 36.8 Å². The molecule has 0 saturated carbocycles. The van der Waals surface area contributed by atoms with Crippen LogP contribution in [0.25, 0.3) is 5.52 Å². The Bertz CT molecular complexity index is 680. The van der Waals surface area contributed by atoms with Crippen LogP contribution in [-0.4, -0.2) is 19.4 Å². The van der Waals surface area contributed by atoms with Crippen molar-refractivity contribution < 1.29 is 0 Å². The monoisotopic (exact) mass is 241 g/mol. The minimum absolute atomic E-state index is 0.750. The predicted molar refractivity (Wildman–Crippen MR) is 70.5 cm³/mol. The number of nitrogens with zero attached hydrogens (tertiary/aromatic N) is 4. The van der Waals surface area contributed by atoms with Crippen LogP contribution < -0.4 is 5.32 Å². The zero-order valence-corrected chi connectivity index (χ0v) is 10.5. The number of anilines is 1. The molecule has 0 amide bonds. The molecule has 92 valence electrons. The topological polar surface area (TPSA) is 47.2 Å². The molecular formula is C13H15N5. The molecule has 0 unspecified atom stereocenters. The Morgan fingerprint density at radius 3 is 3.00 bits per heavy atom. The lowest BCUT2D eigenvalue weighted by molar-refractivity contribution is 0.756. The first-order valence-corrected chi connectivity index (χ1v) is 5.89. The van der Waals surface area contributed by atoms with Gasteiger partial charge in [0.2, 0.25) is 0 Å². The molecule has 0 bridgehead atoms. The van der Waals surface area contributed by atoms with Gasteiger partial charge in [-0.15, -0.1) is 0 Å². The van der Waals surface area contributed by atoms with Crippen molar-refractivity contribution in [2.24, 2.45) is 7.05 Å². The molecule has 3 heterocycles. The molecule has 3 rings (SSSR count). The molecule has 0 fully saturated rings. The van der Waals surface area contributed by atoms with Gasteiger partial charge >= 0.3 is 0 Å². The van der Waals surface area contributed by atoms with Crippen LogP contribution in [0.5, 0.6) is 0 Å². The number of hydrogen-bond donors (Lipinski definition) is 1. The second-order valence-corrected chi connectivity index (χ2v) is 4.36. The van der Waals surface area contributed by atoms with Crippen molar-refractivity contribution in [3.8, 4) is 0 Å². The summed E-state index contributed by atoms with van der Waals surface area (Å²) in [7, 11) is 1.92. The van der Waals surface area contributed by atoms with Gasteiger partial charge in [-0.1, -0.05) is 6.07 Å². The zero-order chi connectivity index (χ0) is 12.5. The molecule has 0 aliphatic rings. The van der Waals surface area contributed by atoms with Gasteiger partial charge in [0, 0.05) is 31.5 Å². The van der Waals surface area contributed by atoms with Gasteiger partial charge in [0.1, 0.15) is 0 Å². The predicted octanol–water partition coefficient (Wildman–Crippen LogP) is 1.99. The Morgan fingerprint density at radius 2 is 2.22 bits per heavy atom. The lowest BCUT2D eigenvalue weighted by Gasteiger charge is -2.03. The highest BCUT2D eigenvalue weighted by molar-refractivity contribution is 5.55. The smallest absolute Gasteiger partial charge is 0.0825 e. The summed E-state index contributed by atoms with van der Waals surface area (Å²) < 4.78 is 3.70. The third-order valence-electron chi connectivity index (χ3n) is 2.99. The van der Waals surface area contributed by atoms with Crippen LogP contribution in [0, 0.1) is 6.92 Å². The maximum atomic E-state index is 4.31. The Kier molecular flexibility index (Phi) is 2.51. The fourth-order valence-electron chi connectivity index (χ4n) is 2.09. The molecule has 0 spiro atoms. The van der Waals surface area contributed by atoms with E-state index in [1.807, 2.05) is 53.9 Å². The van der Waals surface area contributed by atoms with E-state index in [0.717, 1.165) is 23.4 Å². The summed E-state index contributed by atoms with van der Waals surface area (Å²) in [5, 5.41) is 12.0. The Hall–Kier alpha value is -2.30. The average Bonchev–Trinajstić information content (AvgIpc) is 2.90. The summed E-state index contributed by atoms with van der Waals surface area (Å²) in [6, 6.07) is 6.07. The third kappa shape index (κ3) is 1.84. The summed E-state index contributed by atoms with van der Waals surface area (Å²) in [4.78, 5) is 0. The summed E-state index contributed by atoms with van der Waals surface area (Å²) in [6.45, 7) is 2.75. The number of pyridine rings is 1. The van der Waals surface area contributed by atoms with E-state index in [0.29, 0.717) is 0 Å². The van der Waals surface area contributed by atoms with Crippen molar-refractivity contribution in [3.05, 3.63) is 48.0 Å². The Morgan fingerprint density at radius 1 is 1.33 bits per heavy atom. The zero-order valence-electron chi connectivity index (χ0n) is 10.5. The molecule has 3 aromatic heterocycles. The number of hydrogen-bond acceptors (Lipinski definition) is 3. The fourth-order valence-corrected chi connectivity index (χ4v) is 2.09. The lowest BCUT2D eigenvalue weighted by Crippen LogP contribution is -1.99. The quantitative estimate of drug-likeness (QED) is 0.762. The van der Waals surface area contributed by atoms with E-state index in [9.17, 15) is 0 Å². The van der Waals surface area contributed by atoms with E-state index in [1.54, 1.807) is 0 Å². The van der Waals surface area contributed by atoms with Crippen LogP contribution in [0.3, 0.4) is 0 Å². The van der Waals surface area contributed by atoms with Crippen LogP contribution in [0.2, 0.25) is 0 Å². The van der Waals surface area contributed by atoms with E-state index in [1.165, 1.54) is 5.56 Å². The van der Waals surface area contributed by atoms with Crippen LogP contribution >= 0.6 is 0 Å². The average molecular weight is 241 g/mol. The standard InChI is InChI=1S/C13H15N5/c1-10-12(9-17(2)16-10)14-7-11-8-15-18-6-4-3-5-13(11)18/h3-6,8-9,14H,7H2,1-2H3. The molecule has 0 aliphatic carbocycles. The fraction of sp³-hybridized carbons (Fsp3) is 0.231. The molecule has 18 heavy (non-hydrogen) atoms. The molecule has 0 saturated heterocycles. The van der Waals surface area contributed by atoms with Crippen molar-refractivity contribution in [1.29, 1.82) is 0 Å². The number of aryl methyl sites for hydroxylation is 2. The van der Waals surface area contributed by atoms with Crippen LogP contribution in [-0.2, 0) is 13.6 Å². The minimum atomic E-state index is 0.750. The number of nitrogens with one attached hydrogen (secondary N) is 1. The third-order valence-corrected chi connectivity index (χ3v) is 2.99. The molecule has 0 aliphatic heterocycles. The van der Waals surface area contributed by atoms with Gasteiger partial charge in [0.05, 0.1) is 23.1 Å². The van der Waals surface area contributed by atoms with Crippen molar-refractivity contribution in [2.75, 3.05) is 5.32 Å². The van der Waals surface area contributed by atoms with Gasteiger partial charge < -0.3 is 5.32 Å². The van der Waals surface area contributed by atoms with Crippen LogP contribution in [0.1, 0.15) is 11.3 Å². The Labute approximate surface area is 105 Å². The Balaban J connectivity index is 1.83. The summed E-state index contributed by atoms with van der Waals surface area (Å²) in [6.07, 6.45) is 5.84. The van der Waals surface area contributed by atoms with Crippen LogP contribution in [0.4, 0.5) is 5.69 Å².